The number of rotatable bonds is 3. The van der Waals surface area contributed by atoms with Gasteiger partial charge in [-0.05, 0) is 17.7 Å². The lowest BCUT2D eigenvalue weighted by atomic mass is 10.1. The summed E-state index contributed by atoms with van der Waals surface area (Å²) in [4.78, 5) is 24.5. The number of aromatic amines is 1. The van der Waals surface area contributed by atoms with E-state index in [0.29, 0.717) is 5.56 Å². The number of imidazole rings is 1. The van der Waals surface area contributed by atoms with Crippen molar-refractivity contribution in [3.05, 3.63) is 66.0 Å². The van der Waals surface area contributed by atoms with Gasteiger partial charge >= 0.3 is 0 Å². The van der Waals surface area contributed by atoms with Gasteiger partial charge in [-0.1, -0.05) is 36.4 Å². The first kappa shape index (κ1) is 14.9. The maximum absolute atomic E-state index is 12.8. The molecule has 0 unspecified atom stereocenters. The van der Waals surface area contributed by atoms with E-state index in [-0.39, 0.29) is 5.91 Å². The zero-order valence-electron chi connectivity index (χ0n) is 13.5. The molecule has 2 heterocycles. The number of benzene rings is 2. The Morgan fingerprint density at radius 3 is 2.58 bits per heavy atom. The number of nitrogens with zero attached hydrogens (tertiary/aromatic N) is 3. The molecule has 122 valence electrons. The lowest BCUT2D eigenvalue weighted by Gasteiger charge is -2.34. The molecule has 0 saturated carbocycles. The van der Waals surface area contributed by atoms with Crippen molar-refractivity contribution in [2.75, 3.05) is 26.2 Å². The van der Waals surface area contributed by atoms with Crippen LogP contribution in [0.5, 0.6) is 0 Å². The second-order valence-corrected chi connectivity index (χ2v) is 6.16. The second kappa shape index (κ2) is 6.45. The van der Waals surface area contributed by atoms with Gasteiger partial charge in [-0.15, -0.1) is 0 Å². The van der Waals surface area contributed by atoms with Gasteiger partial charge in [-0.3, -0.25) is 9.69 Å². The normalized spacial score (nSPS) is 15.8. The molecule has 24 heavy (non-hydrogen) atoms. The molecule has 1 saturated heterocycles. The smallest absolute Gasteiger partial charge is 0.256 e. The molecular weight excluding hydrogens is 300 g/mol. The third kappa shape index (κ3) is 2.90. The molecule has 3 aromatic rings. The van der Waals surface area contributed by atoms with E-state index in [4.69, 9.17) is 0 Å². The van der Waals surface area contributed by atoms with Crippen LogP contribution in [0.4, 0.5) is 0 Å². The van der Waals surface area contributed by atoms with Crippen molar-refractivity contribution in [3.8, 4) is 0 Å². The van der Waals surface area contributed by atoms with Crippen molar-refractivity contribution in [1.82, 2.24) is 19.8 Å². The Labute approximate surface area is 140 Å². The molecule has 2 aromatic carbocycles. The molecule has 0 bridgehead atoms. The number of amides is 1. The van der Waals surface area contributed by atoms with E-state index in [2.05, 4.69) is 39.1 Å². The highest BCUT2D eigenvalue weighted by molar-refractivity contribution is 6.04. The van der Waals surface area contributed by atoms with E-state index in [1.165, 1.54) is 5.56 Å². The quantitative estimate of drug-likeness (QED) is 0.807. The molecule has 1 N–H and O–H groups in total. The SMILES string of the molecule is O=C(c1cccc2[nH]cnc12)N1CCN(Cc2ccccc2)CC1. The number of H-pyrrole nitrogens is 1. The summed E-state index contributed by atoms with van der Waals surface area (Å²) in [6.07, 6.45) is 1.64. The Hall–Kier alpha value is -2.66. The van der Waals surface area contributed by atoms with Crippen LogP contribution in [-0.2, 0) is 6.54 Å². The maximum Gasteiger partial charge on any atom is 0.256 e. The number of hydrogen-bond donors (Lipinski definition) is 1. The minimum Gasteiger partial charge on any atom is -0.345 e. The van der Waals surface area contributed by atoms with Crippen LogP contribution in [0.15, 0.2) is 54.9 Å². The highest BCUT2D eigenvalue weighted by atomic mass is 16.2. The topological polar surface area (TPSA) is 52.2 Å². The van der Waals surface area contributed by atoms with Crippen molar-refractivity contribution < 1.29 is 4.79 Å². The second-order valence-electron chi connectivity index (χ2n) is 6.16. The number of fused-ring (bicyclic) bond motifs is 1. The van der Waals surface area contributed by atoms with E-state index < -0.39 is 0 Å². The molecule has 5 nitrogen and oxygen atoms in total. The molecule has 1 aromatic heterocycles. The standard InChI is InChI=1S/C19H20N4O/c24-19(16-7-4-8-17-18(16)21-14-20-17)23-11-9-22(10-12-23)13-15-5-2-1-3-6-15/h1-8,14H,9-13H2,(H,20,21). The fraction of sp³-hybridized carbons (Fsp3) is 0.263. The Balaban J connectivity index is 1.42. The number of carbonyl (C=O) groups excluding carboxylic acids is 1. The van der Waals surface area contributed by atoms with Gasteiger partial charge in [-0.25, -0.2) is 4.98 Å². The van der Waals surface area contributed by atoms with Crippen LogP contribution in [0.2, 0.25) is 0 Å². The van der Waals surface area contributed by atoms with Gasteiger partial charge in [0.15, 0.2) is 0 Å². The van der Waals surface area contributed by atoms with E-state index in [9.17, 15) is 4.79 Å². The van der Waals surface area contributed by atoms with Gasteiger partial charge in [0, 0.05) is 32.7 Å². The first-order valence-electron chi connectivity index (χ1n) is 8.29. The summed E-state index contributed by atoms with van der Waals surface area (Å²) >= 11 is 0. The summed E-state index contributed by atoms with van der Waals surface area (Å²) in [5.74, 6) is 0.0760. The van der Waals surface area contributed by atoms with Crippen LogP contribution in [-0.4, -0.2) is 51.9 Å². The summed E-state index contributed by atoms with van der Waals surface area (Å²) in [6, 6.07) is 16.2. The Morgan fingerprint density at radius 1 is 1.00 bits per heavy atom. The van der Waals surface area contributed by atoms with Crippen LogP contribution in [0.3, 0.4) is 0 Å². The van der Waals surface area contributed by atoms with Gasteiger partial charge in [0.25, 0.3) is 5.91 Å². The first-order valence-corrected chi connectivity index (χ1v) is 8.29. The van der Waals surface area contributed by atoms with Crippen molar-refractivity contribution in [2.45, 2.75) is 6.54 Å². The molecule has 5 heteroatoms. The number of hydrogen-bond acceptors (Lipinski definition) is 3. The highest BCUT2D eigenvalue weighted by Gasteiger charge is 2.23. The maximum atomic E-state index is 12.8. The average Bonchev–Trinajstić information content (AvgIpc) is 3.11. The minimum atomic E-state index is 0.0760. The lowest BCUT2D eigenvalue weighted by molar-refractivity contribution is 0.0630. The Kier molecular flexibility index (Phi) is 4.01. The van der Waals surface area contributed by atoms with E-state index in [1.807, 2.05) is 29.2 Å². The van der Waals surface area contributed by atoms with Crippen LogP contribution in [0.1, 0.15) is 15.9 Å². The van der Waals surface area contributed by atoms with Crippen LogP contribution < -0.4 is 0 Å². The predicted molar refractivity (Wildman–Crippen MR) is 93.7 cm³/mol. The Bertz CT molecular complexity index is 835. The average molecular weight is 320 g/mol. The molecule has 4 rings (SSSR count). The van der Waals surface area contributed by atoms with Crippen LogP contribution >= 0.6 is 0 Å². The summed E-state index contributed by atoms with van der Waals surface area (Å²) in [5.41, 5.74) is 3.67. The van der Waals surface area contributed by atoms with Gasteiger partial charge < -0.3 is 9.88 Å². The number of aromatic nitrogens is 2. The van der Waals surface area contributed by atoms with Gasteiger partial charge in [0.1, 0.15) is 5.52 Å². The van der Waals surface area contributed by atoms with Gasteiger partial charge in [0.05, 0.1) is 17.4 Å². The summed E-state index contributed by atoms with van der Waals surface area (Å²) in [5, 5.41) is 0. The van der Waals surface area contributed by atoms with Crippen LogP contribution in [0.25, 0.3) is 11.0 Å². The fourth-order valence-electron chi connectivity index (χ4n) is 3.26. The lowest BCUT2D eigenvalue weighted by Crippen LogP contribution is -2.48. The van der Waals surface area contributed by atoms with Crippen molar-refractivity contribution in [1.29, 1.82) is 0 Å². The zero-order chi connectivity index (χ0) is 16.4. The minimum absolute atomic E-state index is 0.0760. The molecule has 1 aliphatic heterocycles. The summed E-state index contributed by atoms with van der Waals surface area (Å²) in [6.45, 7) is 4.26. The summed E-state index contributed by atoms with van der Waals surface area (Å²) in [7, 11) is 0. The van der Waals surface area contributed by atoms with Gasteiger partial charge in [0.2, 0.25) is 0 Å². The molecule has 0 atom stereocenters. The van der Waals surface area contributed by atoms with E-state index in [1.54, 1.807) is 6.33 Å². The monoisotopic (exact) mass is 320 g/mol. The number of nitrogens with one attached hydrogen (secondary N) is 1. The molecular formula is C19H20N4O. The molecule has 1 aliphatic rings. The first-order chi connectivity index (χ1) is 11.8. The molecule has 0 aliphatic carbocycles. The third-order valence-electron chi connectivity index (χ3n) is 4.59. The molecule has 1 fully saturated rings. The Morgan fingerprint density at radius 2 is 1.79 bits per heavy atom. The van der Waals surface area contributed by atoms with Crippen molar-refractivity contribution in [3.63, 3.8) is 0 Å². The predicted octanol–water partition coefficient (Wildman–Crippen LogP) is 2.52. The zero-order valence-corrected chi connectivity index (χ0v) is 13.5. The van der Waals surface area contributed by atoms with Crippen molar-refractivity contribution >= 4 is 16.9 Å². The highest BCUT2D eigenvalue weighted by Crippen LogP contribution is 2.18. The van der Waals surface area contributed by atoms with E-state index >= 15 is 0 Å². The van der Waals surface area contributed by atoms with Crippen LogP contribution in [0, 0.1) is 0 Å². The number of piperazine rings is 1. The number of carbonyl (C=O) groups is 1. The van der Waals surface area contributed by atoms with Crippen molar-refractivity contribution in [2.24, 2.45) is 0 Å². The summed E-state index contributed by atoms with van der Waals surface area (Å²) < 4.78 is 0. The molecule has 1 amide bonds. The van der Waals surface area contributed by atoms with Gasteiger partial charge in [-0.2, -0.15) is 0 Å². The fourth-order valence-corrected chi connectivity index (χ4v) is 3.26. The molecule has 0 radical (unpaired) electrons. The van der Waals surface area contributed by atoms with E-state index in [0.717, 1.165) is 43.8 Å². The number of para-hydroxylation sites is 1. The molecule has 0 spiro atoms. The third-order valence-corrected chi connectivity index (χ3v) is 4.59. The largest absolute Gasteiger partial charge is 0.345 e.